The van der Waals surface area contributed by atoms with Crippen LogP contribution in [0.5, 0.6) is 0 Å². The zero-order chi connectivity index (χ0) is 33.4. The van der Waals surface area contributed by atoms with E-state index in [0.29, 0.717) is 18.7 Å². The SMILES string of the molecule is C#N.CC(OC(=O)OCC1CCC(c2ccc3c(N)ncnn23)O1)C(C=O)N(C)C.CO.COC.O=CCCCC(=O)O. The maximum atomic E-state index is 11.9. The van der Waals surface area contributed by atoms with Crippen molar-refractivity contribution >= 4 is 36.0 Å². The number of anilines is 1. The first kappa shape index (κ1) is 41.0. The van der Waals surface area contributed by atoms with E-state index in [1.807, 2.05) is 12.1 Å². The number of rotatable bonds is 11. The molecule has 1 fully saturated rings. The second-order valence-corrected chi connectivity index (χ2v) is 8.86. The molecular weight excluding hydrogens is 568 g/mol. The molecule has 43 heavy (non-hydrogen) atoms. The summed E-state index contributed by atoms with van der Waals surface area (Å²) in [5, 5.41) is 25.7. The molecule has 0 amide bonds. The van der Waals surface area contributed by atoms with Crippen LogP contribution >= 0.6 is 0 Å². The van der Waals surface area contributed by atoms with Crippen molar-refractivity contribution in [1.82, 2.24) is 19.5 Å². The fourth-order valence-corrected chi connectivity index (χ4v) is 3.67. The molecule has 3 heterocycles. The zero-order valence-corrected chi connectivity index (χ0v) is 25.5. The number of likely N-dealkylation sites (N-methyl/N-ethyl adjacent to an activating group) is 1. The Labute approximate surface area is 251 Å². The quantitative estimate of drug-likeness (QED) is 0.186. The number of aliphatic carboxylic acids is 1. The van der Waals surface area contributed by atoms with Crippen LogP contribution in [0.4, 0.5) is 10.6 Å². The molecule has 0 aromatic carbocycles. The van der Waals surface area contributed by atoms with Crippen molar-refractivity contribution in [3.05, 3.63) is 24.2 Å². The maximum absolute atomic E-state index is 11.9. The van der Waals surface area contributed by atoms with Crippen molar-refractivity contribution in [2.45, 2.75) is 63.4 Å². The third kappa shape index (κ3) is 15.6. The van der Waals surface area contributed by atoms with Gasteiger partial charge in [-0.3, -0.25) is 9.69 Å². The number of nitriles is 1. The minimum atomic E-state index is -0.841. The highest BCUT2D eigenvalue weighted by Crippen LogP contribution is 2.34. The van der Waals surface area contributed by atoms with E-state index in [2.05, 4.69) is 21.4 Å². The van der Waals surface area contributed by atoms with E-state index in [-0.39, 0.29) is 25.2 Å². The van der Waals surface area contributed by atoms with Gasteiger partial charge in [-0.05, 0) is 52.4 Å². The number of nitrogen functional groups attached to an aromatic ring is 1. The van der Waals surface area contributed by atoms with Gasteiger partial charge in [-0.15, -0.1) is 0 Å². The van der Waals surface area contributed by atoms with Gasteiger partial charge in [0.25, 0.3) is 0 Å². The summed E-state index contributed by atoms with van der Waals surface area (Å²) in [5.41, 5.74) is 7.46. The van der Waals surface area contributed by atoms with Crippen LogP contribution in [0.25, 0.3) is 5.52 Å². The lowest BCUT2D eigenvalue weighted by molar-refractivity contribution is -0.137. The number of aldehydes is 2. The highest BCUT2D eigenvalue weighted by atomic mass is 16.7. The number of carbonyl (C=O) groups is 4. The Balaban J connectivity index is 0. The monoisotopic (exact) mass is 612 g/mol. The number of hydrogen-bond acceptors (Lipinski definition) is 14. The third-order valence-corrected chi connectivity index (χ3v) is 5.55. The number of carboxylic acids is 1. The molecule has 1 aliphatic heterocycles. The van der Waals surface area contributed by atoms with Crippen LogP contribution in [-0.4, -0.2) is 115 Å². The summed E-state index contributed by atoms with van der Waals surface area (Å²) in [7, 11) is 7.72. The number of unbranched alkanes of at least 4 members (excludes halogenated alkanes) is 1. The zero-order valence-electron chi connectivity index (χ0n) is 25.5. The van der Waals surface area contributed by atoms with Crippen molar-refractivity contribution in [3.8, 4) is 6.57 Å². The predicted octanol–water partition coefficient (Wildman–Crippen LogP) is 1.65. The van der Waals surface area contributed by atoms with Crippen LogP contribution < -0.4 is 5.73 Å². The number of carboxylic acid groups (broad SMARTS) is 1. The van der Waals surface area contributed by atoms with Crippen LogP contribution in [0.1, 0.15) is 50.8 Å². The number of aliphatic hydroxyl groups is 1. The van der Waals surface area contributed by atoms with Gasteiger partial charge in [-0.25, -0.2) is 19.6 Å². The molecule has 4 N–H and O–H groups in total. The molecule has 242 valence electrons. The van der Waals surface area contributed by atoms with E-state index in [1.165, 1.54) is 6.33 Å². The molecule has 4 atom stereocenters. The molecule has 1 aliphatic rings. The van der Waals surface area contributed by atoms with E-state index in [1.54, 1.807) is 44.7 Å². The molecule has 0 bridgehead atoms. The Morgan fingerprint density at radius 3 is 2.42 bits per heavy atom. The fourth-order valence-electron chi connectivity index (χ4n) is 3.67. The third-order valence-electron chi connectivity index (χ3n) is 5.55. The van der Waals surface area contributed by atoms with E-state index < -0.39 is 24.3 Å². The van der Waals surface area contributed by atoms with Crippen molar-refractivity contribution in [3.63, 3.8) is 0 Å². The lowest BCUT2D eigenvalue weighted by Crippen LogP contribution is -2.41. The summed E-state index contributed by atoms with van der Waals surface area (Å²) in [4.78, 5) is 48.0. The Morgan fingerprint density at radius 2 is 1.88 bits per heavy atom. The van der Waals surface area contributed by atoms with Crippen LogP contribution in [0.3, 0.4) is 0 Å². The van der Waals surface area contributed by atoms with Gasteiger partial charge in [0.05, 0.1) is 11.8 Å². The van der Waals surface area contributed by atoms with E-state index in [0.717, 1.165) is 43.7 Å². The molecule has 3 rings (SSSR count). The van der Waals surface area contributed by atoms with Crippen LogP contribution in [-0.2, 0) is 33.3 Å². The first-order chi connectivity index (χ1) is 20.6. The van der Waals surface area contributed by atoms with E-state index >= 15 is 0 Å². The lowest BCUT2D eigenvalue weighted by atomic mass is 10.1. The van der Waals surface area contributed by atoms with Crippen molar-refractivity contribution in [2.75, 3.05) is 47.8 Å². The molecular formula is C27H44N6O10. The van der Waals surface area contributed by atoms with E-state index in [4.69, 9.17) is 35.4 Å². The number of hydrogen-bond donors (Lipinski definition) is 3. The van der Waals surface area contributed by atoms with Crippen molar-refractivity contribution in [2.24, 2.45) is 0 Å². The molecule has 1 saturated heterocycles. The smallest absolute Gasteiger partial charge is 0.481 e. The molecule has 0 aliphatic carbocycles. The Kier molecular flexibility index (Phi) is 23.3. The van der Waals surface area contributed by atoms with Crippen LogP contribution in [0, 0.1) is 11.8 Å². The van der Waals surface area contributed by atoms with Gasteiger partial charge in [0.2, 0.25) is 0 Å². The van der Waals surface area contributed by atoms with Crippen molar-refractivity contribution < 1.29 is 48.3 Å². The number of nitrogens with zero attached hydrogens (tertiary/aromatic N) is 5. The van der Waals surface area contributed by atoms with Gasteiger partial charge < -0.3 is 44.5 Å². The molecule has 4 unspecified atom stereocenters. The number of methoxy groups -OCH3 is 1. The number of aromatic nitrogens is 3. The summed E-state index contributed by atoms with van der Waals surface area (Å²) in [6, 6.07) is 3.23. The largest absolute Gasteiger partial charge is 0.508 e. The fraction of sp³-hybridized carbons (Fsp3) is 0.593. The Hall–Kier alpha value is -4.17. The summed E-state index contributed by atoms with van der Waals surface area (Å²) in [5.74, 6) is -0.436. The van der Waals surface area contributed by atoms with Gasteiger partial charge in [0, 0.05) is 40.7 Å². The first-order valence-corrected chi connectivity index (χ1v) is 13.0. The maximum Gasteiger partial charge on any atom is 0.508 e. The van der Waals surface area contributed by atoms with Crippen LogP contribution in [0.15, 0.2) is 18.5 Å². The molecule has 16 nitrogen and oxygen atoms in total. The topological polar surface area (TPSA) is 229 Å². The molecule has 16 heteroatoms. The summed E-state index contributed by atoms with van der Waals surface area (Å²) < 4.78 is 22.3. The average Bonchev–Trinajstić information content (AvgIpc) is 3.63. The molecule has 0 saturated carbocycles. The molecule has 2 aromatic heterocycles. The lowest BCUT2D eigenvalue weighted by Gasteiger charge is -2.24. The first-order valence-electron chi connectivity index (χ1n) is 13.0. The standard InChI is InChI=1S/C18H25N5O5.C5H8O3.C2H6O.CHN.CH4O/c1-11(15(8-24)22(2)3)27-18(25)26-9-12-4-7-16(28-12)13-5-6-14-17(19)20-10-21-23(13)14;6-4-2-1-3-5(7)8;1-3-2;2*1-2/h5-6,8,10-12,15-16H,4,7,9H2,1-3H3,(H2,19,20,21);4H,1-3H2,(H,7,8);1-2H3;1H;2H,1H3. The minimum Gasteiger partial charge on any atom is -0.481 e. The number of nitrogens with two attached hydrogens (primary N) is 1. The van der Waals surface area contributed by atoms with Gasteiger partial charge in [0.15, 0.2) is 5.82 Å². The molecule has 0 spiro atoms. The molecule has 0 radical (unpaired) electrons. The van der Waals surface area contributed by atoms with Crippen molar-refractivity contribution in [1.29, 1.82) is 5.26 Å². The minimum absolute atomic E-state index is 0.0796. The second-order valence-electron chi connectivity index (χ2n) is 8.86. The Morgan fingerprint density at radius 1 is 1.26 bits per heavy atom. The van der Waals surface area contributed by atoms with Gasteiger partial charge in [-0.2, -0.15) is 5.10 Å². The Bertz CT molecular complexity index is 1090. The normalized spacial score (nSPS) is 16.2. The summed E-state index contributed by atoms with van der Waals surface area (Å²) in [6.45, 7) is 5.23. The average molecular weight is 613 g/mol. The van der Waals surface area contributed by atoms with Crippen LogP contribution in [0.2, 0.25) is 0 Å². The number of ether oxygens (including phenoxy) is 4. The second kappa shape index (κ2) is 24.4. The predicted molar refractivity (Wildman–Crippen MR) is 155 cm³/mol. The number of carbonyl (C=O) groups excluding carboxylic acids is 3. The number of aliphatic hydroxyl groups excluding tert-OH is 1. The van der Waals surface area contributed by atoms with Gasteiger partial charge in [0.1, 0.15) is 49.3 Å². The van der Waals surface area contributed by atoms with Gasteiger partial charge in [-0.1, -0.05) is 0 Å². The summed E-state index contributed by atoms with van der Waals surface area (Å²) >= 11 is 0. The molecule has 2 aromatic rings. The summed E-state index contributed by atoms with van der Waals surface area (Å²) in [6.07, 6.45) is 3.42. The highest BCUT2D eigenvalue weighted by Gasteiger charge is 2.30. The highest BCUT2D eigenvalue weighted by molar-refractivity contribution is 5.67. The number of fused-ring (bicyclic) bond motifs is 1. The van der Waals surface area contributed by atoms with E-state index in [9.17, 15) is 19.2 Å². The van der Waals surface area contributed by atoms with Gasteiger partial charge >= 0.3 is 12.1 Å².